The van der Waals surface area contributed by atoms with Crippen molar-refractivity contribution in [2.24, 2.45) is 0 Å². The molecule has 0 fully saturated rings. The van der Waals surface area contributed by atoms with Gasteiger partial charge in [-0.15, -0.1) is 13.2 Å². The van der Waals surface area contributed by atoms with Gasteiger partial charge in [-0.3, -0.25) is 4.79 Å². The summed E-state index contributed by atoms with van der Waals surface area (Å²) in [6.45, 7) is -0.220. The highest BCUT2D eigenvalue weighted by atomic mass is 79.9. The number of rotatable bonds is 8. The van der Waals surface area contributed by atoms with E-state index in [1.54, 1.807) is 0 Å². The molecular formula is C21H17BrF3N3O5S. The molecule has 3 aromatic rings. The van der Waals surface area contributed by atoms with Gasteiger partial charge in [0, 0.05) is 34.9 Å². The first-order valence-electron chi connectivity index (χ1n) is 9.47. The van der Waals surface area contributed by atoms with Crippen LogP contribution in [0, 0.1) is 0 Å². The molecule has 0 unspecified atom stereocenters. The summed E-state index contributed by atoms with van der Waals surface area (Å²) >= 11 is 3.08. The molecule has 0 saturated heterocycles. The molecule has 2 N–H and O–H groups in total. The Balaban J connectivity index is 1.66. The van der Waals surface area contributed by atoms with E-state index in [4.69, 9.17) is 4.74 Å². The molecule has 34 heavy (non-hydrogen) atoms. The van der Waals surface area contributed by atoms with Gasteiger partial charge < -0.3 is 14.8 Å². The number of alkyl halides is 3. The first-order chi connectivity index (χ1) is 16.0. The second-order valence-corrected chi connectivity index (χ2v) is 9.45. The maximum Gasteiger partial charge on any atom is 0.573 e. The van der Waals surface area contributed by atoms with Crippen molar-refractivity contribution in [2.75, 3.05) is 7.05 Å². The van der Waals surface area contributed by atoms with E-state index in [1.807, 2.05) is 0 Å². The molecule has 1 heterocycles. The zero-order chi connectivity index (χ0) is 24.9. The first kappa shape index (κ1) is 25.5. The molecule has 180 valence electrons. The normalized spacial score (nSPS) is 11.7. The monoisotopic (exact) mass is 559 g/mol. The molecule has 0 aliphatic heterocycles. The number of nitrogens with one attached hydrogen (secondary N) is 2. The predicted octanol–water partition coefficient (Wildman–Crippen LogP) is 4.37. The van der Waals surface area contributed by atoms with Crippen LogP contribution in [0.3, 0.4) is 0 Å². The van der Waals surface area contributed by atoms with Crippen LogP contribution in [0.5, 0.6) is 17.4 Å². The third kappa shape index (κ3) is 6.92. The quantitative estimate of drug-likeness (QED) is 0.424. The summed E-state index contributed by atoms with van der Waals surface area (Å²) in [7, 11) is -2.37. The third-order valence-electron chi connectivity index (χ3n) is 4.30. The maximum atomic E-state index is 12.6. The van der Waals surface area contributed by atoms with Crippen molar-refractivity contribution in [1.82, 2.24) is 15.0 Å². The van der Waals surface area contributed by atoms with E-state index in [0.717, 1.165) is 6.07 Å². The Labute approximate surface area is 201 Å². The number of hydrogen-bond acceptors (Lipinski definition) is 6. The first-order valence-corrected chi connectivity index (χ1v) is 11.7. The van der Waals surface area contributed by atoms with Crippen LogP contribution < -0.4 is 19.5 Å². The van der Waals surface area contributed by atoms with Crippen LogP contribution >= 0.6 is 15.9 Å². The standard InChI is InChI=1S/C21H17BrF3N3O5S/c1-26-34(30,31)17-4-2-3-16(10-17)32-19-8-6-14(12-27-19)20(29)28-11-13-5-7-15(22)9-18(13)33-21(23,24)25/h2-10,12,26H,11H2,1H3,(H,28,29). The number of hydrogen-bond donors (Lipinski definition) is 2. The molecule has 0 aliphatic carbocycles. The number of ether oxygens (including phenoxy) is 2. The van der Waals surface area contributed by atoms with Gasteiger partial charge in [-0.25, -0.2) is 18.1 Å². The van der Waals surface area contributed by atoms with Crippen molar-refractivity contribution in [3.05, 3.63) is 76.4 Å². The highest BCUT2D eigenvalue weighted by Crippen LogP contribution is 2.29. The van der Waals surface area contributed by atoms with Crippen molar-refractivity contribution >= 4 is 31.9 Å². The molecule has 0 radical (unpaired) electrons. The van der Waals surface area contributed by atoms with Crippen LogP contribution in [0.15, 0.2) is 70.2 Å². The smallest absolute Gasteiger partial charge is 0.439 e. The summed E-state index contributed by atoms with van der Waals surface area (Å²) in [5.74, 6) is -0.702. The highest BCUT2D eigenvalue weighted by Gasteiger charge is 2.32. The predicted molar refractivity (Wildman–Crippen MR) is 119 cm³/mol. The van der Waals surface area contributed by atoms with E-state index in [0.29, 0.717) is 4.47 Å². The summed E-state index contributed by atoms with van der Waals surface area (Å²) in [5.41, 5.74) is 0.257. The van der Waals surface area contributed by atoms with Gasteiger partial charge in [0.1, 0.15) is 11.5 Å². The van der Waals surface area contributed by atoms with Crippen LogP contribution in [0.4, 0.5) is 13.2 Å². The Bertz CT molecular complexity index is 1290. The molecule has 1 amide bonds. The number of benzene rings is 2. The topological polar surface area (TPSA) is 107 Å². The van der Waals surface area contributed by atoms with Gasteiger partial charge in [-0.2, -0.15) is 0 Å². The molecule has 0 bridgehead atoms. The molecular weight excluding hydrogens is 543 g/mol. The highest BCUT2D eigenvalue weighted by molar-refractivity contribution is 9.10. The molecule has 0 aliphatic rings. The van der Waals surface area contributed by atoms with Gasteiger partial charge in [0.05, 0.1) is 10.5 Å². The van der Waals surface area contributed by atoms with Crippen molar-refractivity contribution in [3.8, 4) is 17.4 Å². The fourth-order valence-corrected chi connectivity index (χ4v) is 3.79. The number of carbonyl (C=O) groups excluding carboxylic acids is 1. The van der Waals surface area contributed by atoms with Gasteiger partial charge in [0.2, 0.25) is 15.9 Å². The minimum Gasteiger partial charge on any atom is -0.439 e. The Hall–Kier alpha value is -3.16. The number of halogens is 4. The fourth-order valence-electron chi connectivity index (χ4n) is 2.69. The van der Waals surface area contributed by atoms with Crippen molar-refractivity contribution < 1.29 is 35.9 Å². The summed E-state index contributed by atoms with van der Waals surface area (Å²) in [4.78, 5) is 16.4. The van der Waals surface area contributed by atoms with Gasteiger partial charge in [0.15, 0.2) is 0 Å². The minimum absolute atomic E-state index is 0.00492. The average Bonchev–Trinajstić information content (AvgIpc) is 2.78. The number of pyridine rings is 1. The molecule has 0 atom stereocenters. The molecule has 8 nitrogen and oxygen atoms in total. The summed E-state index contributed by atoms with van der Waals surface area (Å²) < 4.78 is 73.8. The maximum absolute atomic E-state index is 12.6. The zero-order valence-electron chi connectivity index (χ0n) is 17.4. The Morgan fingerprint density at radius 3 is 2.53 bits per heavy atom. The lowest BCUT2D eigenvalue weighted by Gasteiger charge is -2.14. The third-order valence-corrected chi connectivity index (χ3v) is 6.21. The Morgan fingerprint density at radius 1 is 1.12 bits per heavy atom. The largest absolute Gasteiger partial charge is 0.573 e. The average molecular weight is 560 g/mol. The van der Waals surface area contributed by atoms with E-state index in [2.05, 4.69) is 35.7 Å². The summed E-state index contributed by atoms with van der Waals surface area (Å²) in [6, 6.07) is 12.6. The fraction of sp³-hybridized carbons (Fsp3) is 0.143. The van der Waals surface area contributed by atoms with Crippen LogP contribution in [0.1, 0.15) is 15.9 Å². The van der Waals surface area contributed by atoms with Crippen LogP contribution in [-0.2, 0) is 16.6 Å². The number of sulfonamides is 1. The van der Waals surface area contributed by atoms with E-state index in [1.165, 1.54) is 61.8 Å². The molecule has 0 saturated carbocycles. The zero-order valence-corrected chi connectivity index (χ0v) is 19.8. The van der Waals surface area contributed by atoms with E-state index in [-0.39, 0.29) is 34.2 Å². The molecule has 0 spiro atoms. The van der Waals surface area contributed by atoms with E-state index < -0.39 is 28.0 Å². The van der Waals surface area contributed by atoms with Crippen LogP contribution in [-0.4, -0.2) is 32.7 Å². The number of nitrogens with zero attached hydrogens (tertiary/aromatic N) is 1. The SMILES string of the molecule is CNS(=O)(=O)c1cccc(Oc2ccc(C(=O)NCc3ccc(Br)cc3OC(F)(F)F)cn2)c1. The number of carbonyl (C=O) groups is 1. The van der Waals surface area contributed by atoms with Crippen LogP contribution in [0.25, 0.3) is 0 Å². The molecule has 1 aromatic heterocycles. The minimum atomic E-state index is -4.88. The second-order valence-electron chi connectivity index (χ2n) is 6.65. The van der Waals surface area contributed by atoms with Gasteiger partial charge >= 0.3 is 6.36 Å². The van der Waals surface area contributed by atoms with Gasteiger partial charge in [-0.05, 0) is 37.4 Å². The van der Waals surface area contributed by atoms with Crippen molar-refractivity contribution in [3.63, 3.8) is 0 Å². The van der Waals surface area contributed by atoms with Gasteiger partial charge in [-0.1, -0.05) is 28.1 Å². The van der Waals surface area contributed by atoms with E-state index >= 15 is 0 Å². The van der Waals surface area contributed by atoms with Crippen molar-refractivity contribution in [2.45, 2.75) is 17.8 Å². The Kier molecular flexibility index (Phi) is 7.79. The lowest BCUT2D eigenvalue weighted by atomic mass is 10.2. The Morgan fingerprint density at radius 2 is 1.88 bits per heavy atom. The molecule has 13 heteroatoms. The summed E-state index contributed by atoms with van der Waals surface area (Å²) in [6.07, 6.45) is -3.66. The van der Waals surface area contributed by atoms with E-state index in [9.17, 15) is 26.4 Å². The molecule has 2 aromatic carbocycles. The lowest BCUT2D eigenvalue weighted by molar-refractivity contribution is -0.274. The molecule has 3 rings (SSSR count). The van der Waals surface area contributed by atoms with Gasteiger partial charge in [0.25, 0.3) is 5.91 Å². The summed E-state index contributed by atoms with van der Waals surface area (Å²) in [5, 5.41) is 2.50. The number of amides is 1. The number of aromatic nitrogens is 1. The second kappa shape index (κ2) is 10.4. The van der Waals surface area contributed by atoms with Crippen LogP contribution in [0.2, 0.25) is 0 Å². The van der Waals surface area contributed by atoms with Crippen molar-refractivity contribution in [1.29, 1.82) is 0 Å². The lowest BCUT2D eigenvalue weighted by Crippen LogP contribution is -2.24.